The number of ether oxygens (including phenoxy) is 2. The molecule has 1 aliphatic heterocycles. The maximum absolute atomic E-state index is 13.0. The first-order valence-corrected chi connectivity index (χ1v) is 9.78. The van der Waals surface area contributed by atoms with Crippen LogP contribution < -0.4 is 19.7 Å². The Kier molecular flexibility index (Phi) is 7.29. The number of likely N-dealkylation sites (N-methyl/N-ethyl adjacent to an activating group) is 1. The molecule has 28 heavy (non-hydrogen) atoms. The normalized spacial score (nSPS) is 17.9. The van der Waals surface area contributed by atoms with E-state index in [1.807, 2.05) is 50.9 Å². The molecule has 0 radical (unpaired) electrons. The standard InChI is InChI=1S/C21H33N3O4/c1-21(2,3)22-19(25)13-23(4)14-20(26)24-11-7-8-17(24)16-12-15(27-5)9-10-18(16)28-6/h9-10,12,17H,7-8,11,13-14H2,1-6H3,(H,22,25)/p+1/t17-/m0/s1. The lowest BCUT2D eigenvalue weighted by Crippen LogP contribution is -3.11. The van der Waals surface area contributed by atoms with Gasteiger partial charge in [-0.3, -0.25) is 9.59 Å². The first kappa shape index (κ1) is 22.0. The smallest absolute Gasteiger partial charge is 0.278 e. The van der Waals surface area contributed by atoms with E-state index in [4.69, 9.17) is 9.47 Å². The minimum atomic E-state index is -0.273. The van der Waals surface area contributed by atoms with Crippen molar-refractivity contribution in [3.8, 4) is 11.5 Å². The molecule has 0 saturated carbocycles. The molecule has 0 aromatic heterocycles. The average Bonchev–Trinajstić information content (AvgIpc) is 3.08. The number of nitrogens with one attached hydrogen (secondary N) is 2. The number of hydrogen-bond donors (Lipinski definition) is 2. The molecule has 2 N–H and O–H groups in total. The zero-order valence-electron chi connectivity index (χ0n) is 17.9. The molecule has 0 bridgehead atoms. The molecular formula is C21H34N3O4+. The Morgan fingerprint density at radius 1 is 1.21 bits per heavy atom. The molecule has 156 valence electrons. The van der Waals surface area contributed by atoms with E-state index in [-0.39, 0.29) is 36.5 Å². The Hall–Kier alpha value is -2.28. The largest absolute Gasteiger partial charge is 0.497 e. The molecule has 7 nitrogen and oxygen atoms in total. The second-order valence-electron chi connectivity index (χ2n) is 8.46. The number of amides is 2. The Bertz CT molecular complexity index is 699. The van der Waals surface area contributed by atoms with Gasteiger partial charge in [-0.2, -0.15) is 0 Å². The maximum atomic E-state index is 13.0. The lowest BCUT2D eigenvalue weighted by Gasteiger charge is -2.28. The number of carbonyl (C=O) groups is 2. The van der Waals surface area contributed by atoms with E-state index < -0.39 is 0 Å². The number of rotatable bonds is 7. The number of benzene rings is 1. The lowest BCUT2D eigenvalue weighted by atomic mass is 10.0. The molecule has 2 amide bonds. The van der Waals surface area contributed by atoms with Gasteiger partial charge >= 0.3 is 0 Å². The Labute approximate surface area is 168 Å². The van der Waals surface area contributed by atoms with Gasteiger partial charge in [-0.25, -0.2) is 0 Å². The molecule has 2 atom stereocenters. The van der Waals surface area contributed by atoms with Crippen LogP contribution in [0.3, 0.4) is 0 Å². The van der Waals surface area contributed by atoms with Gasteiger partial charge in [-0.15, -0.1) is 0 Å². The highest BCUT2D eigenvalue weighted by Gasteiger charge is 2.33. The zero-order chi connectivity index (χ0) is 20.9. The van der Waals surface area contributed by atoms with Crippen molar-refractivity contribution >= 4 is 11.8 Å². The Balaban J connectivity index is 2.06. The van der Waals surface area contributed by atoms with Crippen LogP contribution in [-0.4, -0.2) is 63.2 Å². The second-order valence-corrected chi connectivity index (χ2v) is 8.46. The molecule has 0 aliphatic carbocycles. The average molecular weight is 393 g/mol. The number of likely N-dealkylation sites (tertiary alicyclic amines) is 1. The van der Waals surface area contributed by atoms with Crippen LogP contribution in [0.25, 0.3) is 0 Å². The number of methoxy groups -OCH3 is 2. The summed E-state index contributed by atoms with van der Waals surface area (Å²) in [6.45, 7) is 7.10. The summed E-state index contributed by atoms with van der Waals surface area (Å²) < 4.78 is 10.9. The van der Waals surface area contributed by atoms with Crippen molar-refractivity contribution in [1.29, 1.82) is 0 Å². The summed E-state index contributed by atoms with van der Waals surface area (Å²) in [6.07, 6.45) is 1.83. The van der Waals surface area contributed by atoms with Crippen molar-refractivity contribution in [2.45, 2.75) is 45.2 Å². The third-order valence-electron chi connectivity index (χ3n) is 4.80. The van der Waals surface area contributed by atoms with Crippen LogP contribution >= 0.6 is 0 Å². The fourth-order valence-electron chi connectivity index (χ4n) is 3.65. The van der Waals surface area contributed by atoms with Gasteiger partial charge in [0.15, 0.2) is 13.1 Å². The summed E-state index contributed by atoms with van der Waals surface area (Å²) in [5.41, 5.74) is 0.695. The van der Waals surface area contributed by atoms with Crippen molar-refractivity contribution in [2.24, 2.45) is 0 Å². The minimum Gasteiger partial charge on any atom is -0.497 e. The van der Waals surface area contributed by atoms with Crippen molar-refractivity contribution in [3.63, 3.8) is 0 Å². The molecule has 0 spiro atoms. The molecule has 1 fully saturated rings. The number of quaternary nitrogens is 1. The van der Waals surface area contributed by atoms with Crippen molar-refractivity contribution < 1.29 is 24.0 Å². The van der Waals surface area contributed by atoms with Crippen LogP contribution in [0.1, 0.15) is 45.2 Å². The summed E-state index contributed by atoms with van der Waals surface area (Å²) in [4.78, 5) is 27.9. The van der Waals surface area contributed by atoms with Gasteiger partial charge in [0, 0.05) is 17.6 Å². The predicted molar refractivity (Wildman–Crippen MR) is 108 cm³/mol. The van der Waals surface area contributed by atoms with Gasteiger partial charge in [-0.05, 0) is 51.8 Å². The highest BCUT2D eigenvalue weighted by molar-refractivity contribution is 5.80. The quantitative estimate of drug-likeness (QED) is 0.720. The monoisotopic (exact) mass is 392 g/mol. The highest BCUT2D eigenvalue weighted by atomic mass is 16.5. The fourth-order valence-corrected chi connectivity index (χ4v) is 3.65. The van der Waals surface area contributed by atoms with Crippen molar-refractivity contribution in [2.75, 3.05) is 40.9 Å². The Morgan fingerprint density at radius 2 is 1.93 bits per heavy atom. The van der Waals surface area contributed by atoms with E-state index in [1.165, 1.54) is 0 Å². The fraction of sp³-hybridized carbons (Fsp3) is 0.619. The number of hydrogen-bond acceptors (Lipinski definition) is 4. The van der Waals surface area contributed by atoms with E-state index in [0.717, 1.165) is 34.8 Å². The zero-order valence-corrected chi connectivity index (χ0v) is 17.9. The summed E-state index contributed by atoms with van der Waals surface area (Å²) in [5.74, 6) is 1.51. The maximum Gasteiger partial charge on any atom is 0.278 e. The molecular weight excluding hydrogens is 358 g/mol. The van der Waals surface area contributed by atoms with Crippen LogP contribution in [0.2, 0.25) is 0 Å². The van der Waals surface area contributed by atoms with Crippen LogP contribution in [0.4, 0.5) is 0 Å². The molecule has 1 heterocycles. The van der Waals surface area contributed by atoms with E-state index in [9.17, 15) is 9.59 Å². The lowest BCUT2D eigenvalue weighted by molar-refractivity contribution is -0.863. The third-order valence-corrected chi connectivity index (χ3v) is 4.80. The summed E-state index contributed by atoms with van der Waals surface area (Å²) >= 11 is 0. The van der Waals surface area contributed by atoms with E-state index in [1.54, 1.807) is 14.2 Å². The summed E-state index contributed by atoms with van der Waals surface area (Å²) in [5, 5.41) is 2.94. The molecule has 1 aromatic carbocycles. The topological polar surface area (TPSA) is 72.3 Å². The first-order chi connectivity index (χ1) is 13.1. The molecule has 2 rings (SSSR count). The van der Waals surface area contributed by atoms with Gasteiger partial charge < -0.3 is 24.6 Å². The molecule has 7 heteroatoms. The molecule has 1 aromatic rings. The highest BCUT2D eigenvalue weighted by Crippen LogP contribution is 2.38. The second kappa shape index (κ2) is 9.28. The van der Waals surface area contributed by atoms with E-state index >= 15 is 0 Å². The van der Waals surface area contributed by atoms with E-state index in [0.29, 0.717) is 6.54 Å². The van der Waals surface area contributed by atoms with Crippen LogP contribution in [0, 0.1) is 0 Å². The van der Waals surface area contributed by atoms with Crippen LogP contribution in [0.15, 0.2) is 18.2 Å². The Morgan fingerprint density at radius 3 is 2.54 bits per heavy atom. The van der Waals surface area contributed by atoms with Crippen molar-refractivity contribution in [1.82, 2.24) is 10.2 Å². The van der Waals surface area contributed by atoms with Gasteiger partial charge in [0.25, 0.3) is 11.8 Å². The van der Waals surface area contributed by atoms with Gasteiger partial charge in [0.05, 0.1) is 27.3 Å². The van der Waals surface area contributed by atoms with Crippen LogP contribution in [0.5, 0.6) is 11.5 Å². The minimum absolute atomic E-state index is 0.0336. The van der Waals surface area contributed by atoms with Gasteiger partial charge in [0.2, 0.25) is 0 Å². The van der Waals surface area contributed by atoms with Crippen LogP contribution in [-0.2, 0) is 9.59 Å². The molecule has 1 aliphatic rings. The third kappa shape index (κ3) is 5.86. The first-order valence-electron chi connectivity index (χ1n) is 9.78. The van der Waals surface area contributed by atoms with E-state index in [2.05, 4.69) is 5.32 Å². The number of nitrogens with zero attached hydrogens (tertiary/aromatic N) is 1. The number of carbonyl (C=O) groups excluding carboxylic acids is 2. The summed E-state index contributed by atoms with van der Waals surface area (Å²) in [6, 6.07) is 5.65. The molecule has 1 unspecified atom stereocenters. The predicted octanol–water partition coefficient (Wildman–Crippen LogP) is 0.797. The summed E-state index contributed by atoms with van der Waals surface area (Å²) in [7, 11) is 5.14. The van der Waals surface area contributed by atoms with Gasteiger partial charge in [-0.1, -0.05) is 0 Å². The molecule has 1 saturated heterocycles. The van der Waals surface area contributed by atoms with Gasteiger partial charge in [0.1, 0.15) is 11.5 Å². The SMILES string of the molecule is COc1ccc(OC)c([C@@H]2CCCN2C(=O)C[NH+](C)CC(=O)NC(C)(C)C)c1. The van der Waals surface area contributed by atoms with Crippen molar-refractivity contribution in [3.05, 3.63) is 23.8 Å².